The Hall–Kier alpha value is -2.11. The lowest BCUT2D eigenvalue weighted by molar-refractivity contribution is -0.149. The molecule has 2 rings (SSSR count). The summed E-state index contributed by atoms with van der Waals surface area (Å²) in [6.45, 7) is 3.32. The fourth-order valence-electron chi connectivity index (χ4n) is 2.20. The lowest BCUT2D eigenvalue weighted by Gasteiger charge is -2.30. The number of urea groups is 1. The van der Waals surface area contributed by atoms with Gasteiger partial charge in [-0.3, -0.25) is 10.1 Å². The topological polar surface area (TPSA) is 71.5 Å². The molecule has 0 aliphatic carbocycles. The fourth-order valence-corrected chi connectivity index (χ4v) is 2.20. The Kier molecular flexibility index (Phi) is 4.92. The van der Waals surface area contributed by atoms with Gasteiger partial charge in [-0.1, -0.05) is 6.07 Å². The quantitative estimate of drug-likeness (QED) is 0.856. The van der Waals surface area contributed by atoms with Crippen molar-refractivity contribution in [2.75, 3.05) is 25.0 Å². The summed E-state index contributed by atoms with van der Waals surface area (Å²) in [6, 6.07) is 5.17. The van der Waals surface area contributed by atoms with E-state index in [1.807, 2.05) is 6.07 Å². The molecule has 1 aliphatic rings. The van der Waals surface area contributed by atoms with Crippen LogP contribution >= 0.6 is 0 Å². The summed E-state index contributed by atoms with van der Waals surface area (Å²) in [5.74, 6) is 0.288. The summed E-state index contributed by atoms with van der Waals surface area (Å²) in [4.78, 5) is 29.4. The van der Waals surface area contributed by atoms with Crippen molar-refractivity contribution in [1.29, 1.82) is 0 Å². The van der Waals surface area contributed by atoms with Gasteiger partial charge in [0.15, 0.2) is 0 Å². The molecule has 1 saturated heterocycles. The van der Waals surface area contributed by atoms with Crippen LogP contribution in [0.15, 0.2) is 24.4 Å². The van der Waals surface area contributed by atoms with Crippen LogP contribution in [-0.2, 0) is 9.53 Å². The second-order valence-electron chi connectivity index (χ2n) is 4.66. The number of nitrogens with one attached hydrogen (secondary N) is 1. The third-order valence-corrected chi connectivity index (χ3v) is 3.30. The van der Waals surface area contributed by atoms with Crippen molar-refractivity contribution in [2.24, 2.45) is 5.92 Å². The van der Waals surface area contributed by atoms with Crippen LogP contribution in [0, 0.1) is 5.92 Å². The SMILES string of the molecule is CCOC(=O)C1CCN(C(=O)Nc2ccccn2)CC1. The van der Waals surface area contributed by atoms with E-state index in [1.54, 1.807) is 30.2 Å². The van der Waals surface area contributed by atoms with Crippen LogP contribution in [0.3, 0.4) is 0 Å². The minimum Gasteiger partial charge on any atom is -0.466 e. The first-order valence-corrected chi connectivity index (χ1v) is 6.84. The number of hydrogen-bond donors (Lipinski definition) is 1. The van der Waals surface area contributed by atoms with E-state index in [9.17, 15) is 9.59 Å². The van der Waals surface area contributed by atoms with E-state index in [2.05, 4.69) is 10.3 Å². The minimum absolute atomic E-state index is 0.0890. The highest BCUT2D eigenvalue weighted by Gasteiger charge is 2.28. The molecule has 1 aliphatic heterocycles. The molecule has 1 aromatic rings. The lowest BCUT2D eigenvalue weighted by Crippen LogP contribution is -2.42. The number of rotatable bonds is 3. The van der Waals surface area contributed by atoms with Gasteiger partial charge in [0.2, 0.25) is 0 Å². The normalized spacial score (nSPS) is 15.8. The Bertz CT molecular complexity index is 456. The predicted molar refractivity (Wildman–Crippen MR) is 74.2 cm³/mol. The first-order valence-electron chi connectivity index (χ1n) is 6.84. The van der Waals surface area contributed by atoms with Crippen LogP contribution in [0.2, 0.25) is 0 Å². The smallest absolute Gasteiger partial charge is 0.323 e. The fraction of sp³-hybridized carbons (Fsp3) is 0.500. The van der Waals surface area contributed by atoms with Crippen molar-refractivity contribution in [1.82, 2.24) is 9.88 Å². The molecule has 0 bridgehead atoms. The summed E-state index contributed by atoms with van der Waals surface area (Å²) in [5, 5.41) is 2.74. The average Bonchev–Trinajstić information content (AvgIpc) is 2.48. The van der Waals surface area contributed by atoms with Gasteiger partial charge in [-0.25, -0.2) is 9.78 Å². The van der Waals surface area contributed by atoms with Crippen LogP contribution < -0.4 is 5.32 Å². The standard InChI is InChI=1S/C14H19N3O3/c1-2-20-13(18)11-6-9-17(10-7-11)14(19)16-12-5-3-4-8-15-12/h3-5,8,11H,2,6-7,9-10H2,1H3,(H,15,16,19). The van der Waals surface area contributed by atoms with Crippen LogP contribution in [0.25, 0.3) is 0 Å². The minimum atomic E-state index is -0.175. The van der Waals surface area contributed by atoms with Crippen molar-refractivity contribution in [3.8, 4) is 0 Å². The zero-order valence-corrected chi connectivity index (χ0v) is 11.5. The van der Waals surface area contributed by atoms with Gasteiger partial charge >= 0.3 is 12.0 Å². The second-order valence-corrected chi connectivity index (χ2v) is 4.66. The summed E-state index contributed by atoms with van der Waals surface area (Å²) >= 11 is 0. The number of piperidine rings is 1. The predicted octanol–water partition coefficient (Wildman–Crippen LogP) is 1.89. The largest absolute Gasteiger partial charge is 0.466 e. The van der Waals surface area contributed by atoms with Crippen LogP contribution in [0.1, 0.15) is 19.8 Å². The first kappa shape index (κ1) is 14.3. The molecule has 108 valence electrons. The van der Waals surface area contributed by atoms with Crippen molar-refractivity contribution < 1.29 is 14.3 Å². The van der Waals surface area contributed by atoms with Crippen molar-refractivity contribution in [2.45, 2.75) is 19.8 Å². The number of anilines is 1. The zero-order valence-electron chi connectivity index (χ0n) is 11.5. The van der Waals surface area contributed by atoms with Crippen molar-refractivity contribution in [3.05, 3.63) is 24.4 Å². The Morgan fingerprint density at radius 1 is 1.40 bits per heavy atom. The van der Waals surface area contributed by atoms with E-state index in [4.69, 9.17) is 4.74 Å². The third-order valence-electron chi connectivity index (χ3n) is 3.30. The van der Waals surface area contributed by atoms with Gasteiger partial charge in [0.05, 0.1) is 12.5 Å². The van der Waals surface area contributed by atoms with Crippen LogP contribution in [0.4, 0.5) is 10.6 Å². The maximum atomic E-state index is 12.0. The molecule has 0 unspecified atom stereocenters. The Morgan fingerprint density at radius 3 is 2.75 bits per heavy atom. The van der Waals surface area contributed by atoms with Gasteiger partial charge in [0.1, 0.15) is 5.82 Å². The number of pyridine rings is 1. The summed E-state index contributed by atoms with van der Waals surface area (Å²) in [5.41, 5.74) is 0. The number of amides is 2. The van der Waals surface area contributed by atoms with Gasteiger partial charge in [0.25, 0.3) is 0 Å². The lowest BCUT2D eigenvalue weighted by atomic mass is 9.97. The molecular formula is C14H19N3O3. The number of ether oxygens (including phenoxy) is 1. The van der Waals surface area contributed by atoms with E-state index >= 15 is 0 Å². The number of carbonyl (C=O) groups is 2. The molecule has 6 nitrogen and oxygen atoms in total. The van der Waals surface area contributed by atoms with Gasteiger partial charge in [0, 0.05) is 19.3 Å². The number of likely N-dealkylation sites (tertiary alicyclic amines) is 1. The van der Waals surface area contributed by atoms with E-state index in [0.29, 0.717) is 38.4 Å². The summed E-state index contributed by atoms with van der Waals surface area (Å²) in [6.07, 6.45) is 2.92. The molecule has 0 aromatic carbocycles. The highest BCUT2D eigenvalue weighted by Crippen LogP contribution is 2.19. The van der Waals surface area contributed by atoms with Gasteiger partial charge in [-0.05, 0) is 31.9 Å². The third kappa shape index (κ3) is 3.69. The number of hydrogen-bond acceptors (Lipinski definition) is 4. The average molecular weight is 277 g/mol. The highest BCUT2D eigenvalue weighted by molar-refractivity contribution is 5.88. The molecule has 2 amide bonds. The van der Waals surface area contributed by atoms with Gasteiger partial charge in [-0.2, -0.15) is 0 Å². The van der Waals surface area contributed by atoms with E-state index in [1.165, 1.54) is 0 Å². The monoisotopic (exact) mass is 277 g/mol. The molecule has 0 radical (unpaired) electrons. The molecule has 1 fully saturated rings. The number of nitrogens with zero attached hydrogens (tertiary/aromatic N) is 2. The maximum Gasteiger partial charge on any atom is 0.323 e. The highest BCUT2D eigenvalue weighted by atomic mass is 16.5. The number of aromatic nitrogens is 1. The first-order chi connectivity index (χ1) is 9.70. The van der Waals surface area contributed by atoms with Gasteiger partial charge in [-0.15, -0.1) is 0 Å². The molecule has 6 heteroatoms. The van der Waals surface area contributed by atoms with Crippen LogP contribution in [-0.4, -0.2) is 41.6 Å². The van der Waals surface area contributed by atoms with Crippen LogP contribution in [0.5, 0.6) is 0 Å². The molecule has 0 spiro atoms. The Labute approximate surface area is 118 Å². The van der Waals surface area contributed by atoms with Crippen molar-refractivity contribution in [3.63, 3.8) is 0 Å². The molecule has 0 saturated carbocycles. The number of esters is 1. The number of carbonyl (C=O) groups excluding carboxylic acids is 2. The zero-order chi connectivity index (χ0) is 14.4. The summed E-state index contributed by atoms with van der Waals surface area (Å²) in [7, 11) is 0. The Balaban J connectivity index is 1.81. The van der Waals surface area contributed by atoms with E-state index in [0.717, 1.165) is 0 Å². The molecule has 1 aromatic heterocycles. The van der Waals surface area contributed by atoms with Gasteiger partial charge < -0.3 is 9.64 Å². The van der Waals surface area contributed by atoms with E-state index in [-0.39, 0.29) is 17.9 Å². The molecule has 20 heavy (non-hydrogen) atoms. The Morgan fingerprint density at radius 2 is 2.15 bits per heavy atom. The second kappa shape index (κ2) is 6.88. The van der Waals surface area contributed by atoms with E-state index < -0.39 is 0 Å². The molecule has 1 N–H and O–H groups in total. The molecule has 0 atom stereocenters. The maximum absolute atomic E-state index is 12.0. The summed E-state index contributed by atoms with van der Waals surface area (Å²) < 4.78 is 5.00. The molecular weight excluding hydrogens is 258 g/mol. The molecule has 2 heterocycles. The van der Waals surface area contributed by atoms with Crippen molar-refractivity contribution >= 4 is 17.8 Å².